The van der Waals surface area contributed by atoms with Crippen molar-refractivity contribution in [2.75, 3.05) is 19.6 Å². The zero-order valence-corrected chi connectivity index (χ0v) is 13.9. The van der Waals surface area contributed by atoms with Gasteiger partial charge in [0.15, 0.2) is 0 Å². The van der Waals surface area contributed by atoms with Gasteiger partial charge in [0.05, 0.1) is 0 Å². The second-order valence-electron chi connectivity index (χ2n) is 6.76. The minimum absolute atomic E-state index is 0.128. The lowest BCUT2D eigenvalue weighted by Gasteiger charge is -2.22. The maximum atomic E-state index is 12.1. The van der Waals surface area contributed by atoms with Gasteiger partial charge in [0.1, 0.15) is 5.60 Å². The molecule has 1 saturated heterocycles. The number of rotatable bonds is 4. The van der Waals surface area contributed by atoms with E-state index >= 15 is 0 Å². The lowest BCUT2D eigenvalue weighted by atomic mass is 9.98. The van der Waals surface area contributed by atoms with Crippen molar-refractivity contribution in [3.05, 3.63) is 0 Å². The number of carbonyl (C=O) groups is 2. The first kappa shape index (κ1) is 17.8. The molecule has 122 valence electrons. The third kappa shape index (κ3) is 7.34. The first-order chi connectivity index (χ1) is 9.81. The summed E-state index contributed by atoms with van der Waals surface area (Å²) in [6, 6.07) is 0. The third-order valence-electron chi connectivity index (χ3n) is 3.78. The summed E-state index contributed by atoms with van der Waals surface area (Å²) < 4.78 is 5.14. The highest BCUT2D eigenvalue weighted by atomic mass is 16.6. The van der Waals surface area contributed by atoms with Crippen molar-refractivity contribution in [1.29, 1.82) is 0 Å². The Labute approximate surface area is 128 Å². The van der Waals surface area contributed by atoms with E-state index in [1.807, 2.05) is 25.7 Å². The molecule has 1 unspecified atom stereocenters. The van der Waals surface area contributed by atoms with Crippen LogP contribution in [0.4, 0.5) is 4.79 Å². The summed E-state index contributed by atoms with van der Waals surface area (Å²) in [5.74, 6) is 0.880. The van der Waals surface area contributed by atoms with Gasteiger partial charge in [-0.05, 0) is 46.0 Å². The molecule has 0 spiro atoms. The van der Waals surface area contributed by atoms with Gasteiger partial charge in [0, 0.05) is 26.1 Å². The molecule has 1 aliphatic heterocycles. The SMILES string of the molecule is CCC1CCCN(C(=O)CCNC(=O)OC(C)(C)C)CC1. The maximum absolute atomic E-state index is 12.1. The van der Waals surface area contributed by atoms with Gasteiger partial charge in [-0.3, -0.25) is 4.79 Å². The number of ether oxygens (including phenoxy) is 1. The van der Waals surface area contributed by atoms with Crippen LogP contribution >= 0.6 is 0 Å². The van der Waals surface area contributed by atoms with Crippen LogP contribution in [-0.4, -0.2) is 42.1 Å². The van der Waals surface area contributed by atoms with Crippen LogP contribution < -0.4 is 5.32 Å². The van der Waals surface area contributed by atoms with Crippen LogP contribution in [0, 0.1) is 5.92 Å². The Balaban J connectivity index is 2.26. The molecule has 1 heterocycles. The predicted molar refractivity (Wildman–Crippen MR) is 83.1 cm³/mol. The van der Waals surface area contributed by atoms with Gasteiger partial charge in [-0.1, -0.05) is 13.3 Å². The second kappa shape index (κ2) is 8.25. The average molecular weight is 298 g/mol. The standard InChI is InChI=1S/C16H30N2O3/c1-5-13-7-6-11-18(12-9-13)14(19)8-10-17-15(20)21-16(2,3)4/h13H,5-12H2,1-4H3,(H,17,20). The Morgan fingerprint density at radius 3 is 2.57 bits per heavy atom. The minimum atomic E-state index is -0.506. The topological polar surface area (TPSA) is 58.6 Å². The van der Waals surface area contributed by atoms with E-state index in [-0.39, 0.29) is 5.91 Å². The highest BCUT2D eigenvalue weighted by Gasteiger charge is 2.20. The first-order valence-electron chi connectivity index (χ1n) is 8.06. The smallest absolute Gasteiger partial charge is 0.407 e. The molecule has 21 heavy (non-hydrogen) atoms. The normalized spacial score (nSPS) is 19.8. The van der Waals surface area contributed by atoms with Crippen LogP contribution in [0.5, 0.6) is 0 Å². The summed E-state index contributed by atoms with van der Waals surface area (Å²) in [5.41, 5.74) is -0.506. The molecular weight excluding hydrogens is 268 g/mol. The fourth-order valence-electron chi connectivity index (χ4n) is 2.57. The zero-order valence-electron chi connectivity index (χ0n) is 13.9. The number of likely N-dealkylation sites (tertiary alicyclic amines) is 1. The molecule has 1 aliphatic rings. The molecule has 0 aromatic rings. The van der Waals surface area contributed by atoms with Gasteiger partial charge >= 0.3 is 6.09 Å². The van der Waals surface area contributed by atoms with Crippen LogP contribution in [0.15, 0.2) is 0 Å². The molecule has 1 rings (SSSR count). The summed E-state index contributed by atoms with van der Waals surface area (Å²) >= 11 is 0. The van der Waals surface area contributed by atoms with Crippen molar-refractivity contribution in [2.45, 2.75) is 65.4 Å². The molecule has 1 N–H and O–H groups in total. The molecule has 2 amide bonds. The van der Waals surface area contributed by atoms with E-state index in [1.54, 1.807) is 0 Å². The van der Waals surface area contributed by atoms with Crippen LogP contribution in [0.1, 0.15) is 59.8 Å². The summed E-state index contributed by atoms with van der Waals surface area (Å²) in [6.45, 7) is 9.71. The number of nitrogens with one attached hydrogen (secondary N) is 1. The maximum Gasteiger partial charge on any atom is 0.407 e. The summed E-state index contributed by atoms with van der Waals surface area (Å²) in [5, 5.41) is 2.64. The van der Waals surface area contributed by atoms with E-state index in [0.717, 1.165) is 31.8 Å². The van der Waals surface area contributed by atoms with Crippen molar-refractivity contribution >= 4 is 12.0 Å². The number of carbonyl (C=O) groups excluding carboxylic acids is 2. The molecule has 0 bridgehead atoms. The van der Waals surface area contributed by atoms with Gasteiger partial charge in [-0.25, -0.2) is 4.79 Å². The monoisotopic (exact) mass is 298 g/mol. The molecule has 5 nitrogen and oxygen atoms in total. The Bertz CT molecular complexity index is 350. The Morgan fingerprint density at radius 2 is 1.95 bits per heavy atom. The average Bonchev–Trinajstić information content (AvgIpc) is 2.61. The summed E-state index contributed by atoms with van der Waals surface area (Å²) in [4.78, 5) is 25.6. The van der Waals surface area contributed by atoms with E-state index in [2.05, 4.69) is 12.2 Å². The van der Waals surface area contributed by atoms with E-state index < -0.39 is 11.7 Å². The van der Waals surface area contributed by atoms with Crippen LogP contribution in [0.25, 0.3) is 0 Å². The number of amides is 2. The van der Waals surface area contributed by atoms with Crippen LogP contribution in [-0.2, 0) is 9.53 Å². The highest BCUT2D eigenvalue weighted by molar-refractivity contribution is 5.77. The highest BCUT2D eigenvalue weighted by Crippen LogP contribution is 2.20. The Hall–Kier alpha value is -1.26. The van der Waals surface area contributed by atoms with Gasteiger partial charge in [-0.2, -0.15) is 0 Å². The predicted octanol–water partition coefficient (Wildman–Crippen LogP) is 2.94. The summed E-state index contributed by atoms with van der Waals surface area (Å²) in [6.07, 6.45) is 4.48. The van der Waals surface area contributed by atoms with Gasteiger partial charge < -0.3 is 15.0 Å². The molecule has 0 aromatic carbocycles. The Morgan fingerprint density at radius 1 is 1.24 bits per heavy atom. The van der Waals surface area contributed by atoms with Crippen LogP contribution in [0.2, 0.25) is 0 Å². The number of hydrogen-bond acceptors (Lipinski definition) is 3. The van der Waals surface area contributed by atoms with Gasteiger partial charge in [0.2, 0.25) is 5.91 Å². The molecule has 0 aromatic heterocycles. The van der Waals surface area contributed by atoms with Gasteiger partial charge in [-0.15, -0.1) is 0 Å². The largest absolute Gasteiger partial charge is 0.444 e. The third-order valence-corrected chi connectivity index (χ3v) is 3.78. The van der Waals surface area contributed by atoms with E-state index in [4.69, 9.17) is 4.74 Å². The lowest BCUT2D eigenvalue weighted by Crippen LogP contribution is -2.37. The van der Waals surface area contributed by atoms with Crippen molar-refractivity contribution in [3.8, 4) is 0 Å². The van der Waals surface area contributed by atoms with Crippen molar-refractivity contribution < 1.29 is 14.3 Å². The molecule has 5 heteroatoms. The molecule has 0 aliphatic carbocycles. The zero-order chi connectivity index (χ0) is 15.9. The van der Waals surface area contributed by atoms with E-state index in [9.17, 15) is 9.59 Å². The molecule has 0 saturated carbocycles. The van der Waals surface area contributed by atoms with Gasteiger partial charge in [0.25, 0.3) is 0 Å². The second-order valence-corrected chi connectivity index (χ2v) is 6.76. The quantitative estimate of drug-likeness (QED) is 0.868. The fourth-order valence-corrected chi connectivity index (χ4v) is 2.57. The summed E-state index contributed by atoms with van der Waals surface area (Å²) in [7, 11) is 0. The number of nitrogens with zero attached hydrogens (tertiary/aromatic N) is 1. The molecule has 1 atom stereocenters. The van der Waals surface area contributed by atoms with E-state index in [0.29, 0.717) is 13.0 Å². The Kier molecular flexibility index (Phi) is 6.99. The number of alkyl carbamates (subject to hydrolysis) is 1. The minimum Gasteiger partial charge on any atom is -0.444 e. The number of hydrogen-bond donors (Lipinski definition) is 1. The van der Waals surface area contributed by atoms with E-state index in [1.165, 1.54) is 12.8 Å². The molecule has 0 radical (unpaired) electrons. The lowest BCUT2D eigenvalue weighted by molar-refractivity contribution is -0.131. The molecule has 1 fully saturated rings. The first-order valence-corrected chi connectivity index (χ1v) is 8.06. The van der Waals surface area contributed by atoms with Crippen molar-refractivity contribution in [1.82, 2.24) is 10.2 Å². The van der Waals surface area contributed by atoms with Crippen molar-refractivity contribution in [2.24, 2.45) is 5.92 Å². The molecular formula is C16H30N2O3. The van der Waals surface area contributed by atoms with Crippen molar-refractivity contribution in [3.63, 3.8) is 0 Å². The van der Waals surface area contributed by atoms with Crippen LogP contribution in [0.3, 0.4) is 0 Å². The fraction of sp³-hybridized carbons (Fsp3) is 0.875.